The first-order valence-electron chi connectivity index (χ1n) is 8.68. The van der Waals surface area contributed by atoms with Crippen LogP contribution in [0, 0.1) is 5.82 Å². The smallest absolute Gasteiger partial charge is 0.323 e. The summed E-state index contributed by atoms with van der Waals surface area (Å²) in [6.07, 6.45) is 2.82. The maximum Gasteiger partial charge on any atom is 0.323 e. The lowest BCUT2D eigenvalue weighted by molar-refractivity contribution is 0.104. The molecule has 0 aliphatic carbocycles. The zero-order chi connectivity index (χ0) is 21.3. The van der Waals surface area contributed by atoms with Gasteiger partial charge in [-0.15, -0.1) is 0 Å². The molecule has 8 nitrogen and oxygen atoms in total. The maximum absolute atomic E-state index is 13.2. The number of fused-ring (bicyclic) bond motifs is 1. The van der Waals surface area contributed by atoms with Crippen LogP contribution in [-0.4, -0.2) is 26.8 Å². The molecule has 0 radical (unpaired) electrons. The number of halogens is 2. The fourth-order valence-electron chi connectivity index (χ4n) is 2.93. The minimum absolute atomic E-state index is 0.109. The van der Waals surface area contributed by atoms with Crippen molar-refractivity contribution in [1.29, 1.82) is 0 Å². The molecule has 4 aromatic rings. The van der Waals surface area contributed by atoms with Gasteiger partial charge < -0.3 is 21.4 Å². The topological polar surface area (TPSA) is 126 Å². The number of carbonyl (C=O) groups is 2. The highest BCUT2D eigenvalue weighted by molar-refractivity contribution is 6.31. The Morgan fingerprint density at radius 1 is 1.07 bits per heavy atom. The van der Waals surface area contributed by atoms with Crippen LogP contribution in [0.3, 0.4) is 0 Å². The predicted molar refractivity (Wildman–Crippen MR) is 112 cm³/mol. The lowest BCUT2D eigenvalue weighted by Crippen LogP contribution is -2.19. The van der Waals surface area contributed by atoms with Gasteiger partial charge in [0.1, 0.15) is 23.6 Å². The summed E-state index contributed by atoms with van der Waals surface area (Å²) in [5, 5.41) is 5.49. The van der Waals surface area contributed by atoms with Gasteiger partial charge in [0.2, 0.25) is 0 Å². The molecular weight excluding hydrogens is 411 g/mol. The Labute approximate surface area is 174 Å². The van der Waals surface area contributed by atoms with E-state index in [-0.39, 0.29) is 16.6 Å². The minimum Gasteiger partial charge on any atom is -0.383 e. The summed E-state index contributed by atoms with van der Waals surface area (Å²) in [6, 6.07) is 9.64. The number of benzene rings is 2. The van der Waals surface area contributed by atoms with E-state index >= 15 is 0 Å². The number of nitrogens with two attached hydrogens (primary N) is 1. The predicted octanol–water partition coefficient (Wildman–Crippen LogP) is 4.21. The van der Waals surface area contributed by atoms with Crippen molar-refractivity contribution in [3.63, 3.8) is 0 Å². The molecule has 2 amide bonds. The Bertz CT molecular complexity index is 1290. The zero-order valence-electron chi connectivity index (χ0n) is 15.2. The number of hydrogen-bond donors (Lipinski definition) is 4. The van der Waals surface area contributed by atoms with Crippen LogP contribution in [0.5, 0.6) is 0 Å². The molecule has 4 rings (SSSR count). The summed E-state index contributed by atoms with van der Waals surface area (Å²) >= 11 is 5.71. The third kappa shape index (κ3) is 3.78. The SMILES string of the molecule is Nc1ncnc2[nH]cc(C(=O)c3cccc(NC(=O)Nc4ccc(F)c(Cl)c4)c3)c12. The van der Waals surface area contributed by atoms with Gasteiger partial charge >= 0.3 is 6.03 Å². The Balaban J connectivity index is 1.54. The lowest BCUT2D eigenvalue weighted by atomic mass is 10.0. The Morgan fingerprint density at radius 3 is 2.60 bits per heavy atom. The standard InChI is InChI=1S/C20H14ClFN6O2/c21-14-7-12(4-5-15(14)22)28-20(30)27-11-3-1-2-10(6-11)17(29)13-8-24-19-16(13)18(23)25-9-26-19/h1-9H,(H2,27,28,30)(H3,23,24,25,26). The normalized spacial score (nSPS) is 10.7. The highest BCUT2D eigenvalue weighted by Crippen LogP contribution is 2.25. The largest absolute Gasteiger partial charge is 0.383 e. The molecule has 0 aliphatic rings. The number of amides is 2. The summed E-state index contributed by atoms with van der Waals surface area (Å²) in [4.78, 5) is 36.1. The molecule has 0 saturated heterocycles. The molecule has 30 heavy (non-hydrogen) atoms. The average molecular weight is 425 g/mol. The van der Waals surface area contributed by atoms with E-state index in [9.17, 15) is 14.0 Å². The number of rotatable bonds is 4. The zero-order valence-corrected chi connectivity index (χ0v) is 16.0. The summed E-state index contributed by atoms with van der Waals surface area (Å²) in [6.45, 7) is 0. The van der Waals surface area contributed by atoms with E-state index in [4.69, 9.17) is 17.3 Å². The van der Waals surface area contributed by atoms with Crippen molar-refractivity contribution in [2.24, 2.45) is 0 Å². The van der Waals surface area contributed by atoms with Crippen LogP contribution in [-0.2, 0) is 0 Å². The van der Waals surface area contributed by atoms with Crippen LogP contribution < -0.4 is 16.4 Å². The molecule has 2 aromatic carbocycles. The van der Waals surface area contributed by atoms with Crippen molar-refractivity contribution in [3.8, 4) is 0 Å². The minimum atomic E-state index is -0.586. The number of urea groups is 1. The average Bonchev–Trinajstić information content (AvgIpc) is 3.16. The molecule has 5 N–H and O–H groups in total. The molecule has 2 aromatic heterocycles. The van der Waals surface area contributed by atoms with Crippen molar-refractivity contribution >= 4 is 51.6 Å². The quantitative estimate of drug-likeness (QED) is 0.365. The molecule has 0 unspecified atom stereocenters. The van der Waals surface area contributed by atoms with Crippen molar-refractivity contribution in [1.82, 2.24) is 15.0 Å². The second-order valence-corrected chi connectivity index (χ2v) is 6.71. The number of carbonyl (C=O) groups excluding carboxylic acids is 2. The number of aromatic nitrogens is 3. The molecule has 150 valence electrons. The van der Waals surface area contributed by atoms with E-state index < -0.39 is 11.8 Å². The van der Waals surface area contributed by atoms with Gasteiger partial charge in [0, 0.05) is 23.1 Å². The second-order valence-electron chi connectivity index (χ2n) is 6.30. The van der Waals surface area contributed by atoms with Crippen LogP contribution in [0.1, 0.15) is 15.9 Å². The van der Waals surface area contributed by atoms with Crippen LogP contribution >= 0.6 is 11.6 Å². The third-order valence-corrected chi connectivity index (χ3v) is 4.59. The maximum atomic E-state index is 13.2. The highest BCUT2D eigenvalue weighted by atomic mass is 35.5. The summed E-state index contributed by atoms with van der Waals surface area (Å²) in [5.41, 5.74) is 7.71. The van der Waals surface area contributed by atoms with Crippen molar-refractivity contribution < 1.29 is 14.0 Å². The summed E-state index contributed by atoms with van der Waals surface area (Å²) in [7, 11) is 0. The Kier molecular flexibility index (Phi) is 5.03. The Hall–Kier alpha value is -3.98. The monoisotopic (exact) mass is 424 g/mol. The number of anilines is 3. The Morgan fingerprint density at radius 2 is 1.83 bits per heavy atom. The first-order chi connectivity index (χ1) is 14.4. The molecular formula is C20H14ClFN6O2. The van der Waals surface area contributed by atoms with E-state index in [1.807, 2.05) is 0 Å². The highest BCUT2D eigenvalue weighted by Gasteiger charge is 2.18. The van der Waals surface area contributed by atoms with Crippen LogP contribution in [0.4, 0.5) is 26.4 Å². The van der Waals surface area contributed by atoms with Gasteiger partial charge in [-0.2, -0.15) is 0 Å². The summed E-state index contributed by atoms with van der Waals surface area (Å²) in [5.74, 6) is -0.703. The molecule has 0 atom stereocenters. The first-order valence-corrected chi connectivity index (χ1v) is 9.05. The molecule has 0 saturated carbocycles. The molecule has 0 aliphatic heterocycles. The number of nitrogens with zero attached hydrogens (tertiary/aromatic N) is 2. The number of hydrogen-bond acceptors (Lipinski definition) is 5. The van der Waals surface area contributed by atoms with E-state index in [0.717, 1.165) is 6.07 Å². The van der Waals surface area contributed by atoms with Gasteiger partial charge in [-0.25, -0.2) is 19.2 Å². The van der Waals surface area contributed by atoms with Gasteiger partial charge in [0.05, 0.1) is 16.0 Å². The van der Waals surface area contributed by atoms with Crippen molar-refractivity contribution in [2.75, 3.05) is 16.4 Å². The van der Waals surface area contributed by atoms with Gasteiger partial charge in [0.25, 0.3) is 0 Å². The number of aromatic amines is 1. The number of H-pyrrole nitrogens is 1. The van der Waals surface area contributed by atoms with Crippen LogP contribution in [0.15, 0.2) is 55.0 Å². The second kappa shape index (κ2) is 7.80. The van der Waals surface area contributed by atoms with Crippen molar-refractivity contribution in [3.05, 3.63) is 77.0 Å². The molecule has 10 heteroatoms. The molecule has 2 heterocycles. The summed E-state index contributed by atoms with van der Waals surface area (Å²) < 4.78 is 13.2. The van der Waals surface area contributed by atoms with Gasteiger partial charge in [-0.3, -0.25) is 4.79 Å². The molecule has 0 spiro atoms. The van der Waals surface area contributed by atoms with Crippen molar-refractivity contribution in [2.45, 2.75) is 0 Å². The van der Waals surface area contributed by atoms with E-state index in [2.05, 4.69) is 25.6 Å². The van der Waals surface area contributed by atoms with E-state index in [0.29, 0.717) is 33.5 Å². The van der Waals surface area contributed by atoms with Crippen LogP contribution in [0.25, 0.3) is 11.0 Å². The molecule has 0 bridgehead atoms. The van der Waals surface area contributed by atoms with E-state index in [1.54, 1.807) is 18.2 Å². The fourth-order valence-corrected chi connectivity index (χ4v) is 3.11. The van der Waals surface area contributed by atoms with Gasteiger partial charge in [0.15, 0.2) is 5.78 Å². The first kappa shape index (κ1) is 19.3. The number of nitrogen functional groups attached to an aromatic ring is 1. The lowest BCUT2D eigenvalue weighted by Gasteiger charge is -2.09. The number of ketones is 1. The van der Waals surface area contributed by atoms with Gasteiger partial charge in [-0.05, 0) is 30.3 Å². The third-order valence-electron chi connectivity index (χ3n) is 4.30. The van der Waals surface area contributed by atoms with Gasteiger partial charge in [-0.1, -0.05) is 23.7 Å². The van der Waals surface area contributed by atoms with Crippen LogP contribution in [0.2, 0.25) is 5.02 Å². The molecule has 0 fully saturated rings. The number of nitrogens with one attached hydrogen (secondary N) is 3. The fraction of sp³-hybridized carbons (Fsp3) is 0. The van der Waals surface area contributed by atoms with E-state index in [1.165, 1.54) is 30.7 Å².